The van der Waals surface area contributed by atoms with E-state index >= 15 is 0 Å². The standard InChI is InChI=1S/C12H22N2OS/c1-3-10-9-14(7-8-16-10)11(15)12(2)5-4-6-13-12/h10,13H,3-9H2,1-2H3. The van der Waals surface area contributed by atoms with Crippen LogP contribution in [0.1, 0.15) is 33.1 Å². The van der Waals surface area contributed by atoms with Crippen LogP contribution in [0.3, 0.4) is 0 Å². The Bertz CT molecular complexity index is 264. The Hall–Kier alpha value is -0.220. The molecular formula is C12H22N2OS. The number of carbonyl (C=O) groups is 1. The van der Waals surface area contributed by atoms with Crippen molar-refractivity contribution in [2.24, 2.45) is 0 Å². The molecule has 0 aromatic carbocycles. The number of rotatable bonds is 2. The van der Waals surface area contributed by atoms with Gasteiger partial charge in [-0.2, -0.15) is 11.8 Å². The van der Waals surface area contributed by atoms with E-state index in [-0.39, 0.29) is 5.54 Å². The van der Waals surface area contributed by atoms with Crippen LogP contribution in [0.25, 0.3) is 0 Å². The summed E-state index contributed by atoms with van der Waals surface area (Å²) in [6, 6.07) is 0. The van der Waals surface area contributed by atoms with E-state index in [0.717, 1.165) is 38.2 Å². The molecule has 2 aliphatic rings. The third-order valence-electron chi connectivity index (χ3n) is 3.72. The number of nitrogens with one attached hydrogen (secondary N) is 1. The maximum absolute atomic E-state index is 12.4. The molecule has 2 fully saturated rings. The van der Waals surface area contributed by atoms with Gasteiger partial charge in [0.1, 0.15) is 0 Å². The topological polar surface area (TPSA) is 32.3 Å². The minimum Gasteiger partial charge on any atom is -0.339 e. The van der Waals surface area contributed by atoms with Crippen molar-refractivity contribution in [2.45, 2.75) is 43.9 Å². The Morgan fingerprint density at radius 2 is 2.44 bits per heavy atom. The monoisotopic (exact) mass is 242 g/mol. The van der Waals surface area contributed by atoms with Crippen molar-refractivity contribution >= 4 is 17.7 Å². The molecule has 2 unspecified atom stereocenters. The van der Waals surface area contributed by atoms with Crippen LogP contribution >= 0.6 is 11.8 Å². The molecule has 3 nitrogen and oxygen atoms in total. The highest BCUT2D eigenvalue weighted by Crippen LogP contribution is 2.26. The van der Waals surface area contributed by atoms with Gasteiger partial charge in [0.25, 0.3) is 0 Å². The fourth-order valence-corrected chi connectivity index (χ4v) is 3.76. The maximum atomic E-state index is 12.4. The van der Waals surface area contributed by atoms with Crippen molar-refractivity contribution in [3.63, 3.8) is 0 Å². The quantitative estimate of drug-likeness (QED) is 0.796. The highest BCUT2D eigenvalue weighted by atomic mass is 32.2. The second-order valence-electron chi connectivity index (χ2n) is 5.01. The van der Waals surface area contributed by atoms with Gasteiger partial charge in [-0.05, 0) is 32.7 Å². The van der Waals surface area contributed by atoms with E-state index in [1.807, 2.05) is 11.8 Å². The lowest BCUT2D eigenvalue weighted by Crippen LogP contribution is -2.55. The van der Waals surface area contributed by atoms with E-state index in [1.165, 1.54) is 6.42 Å². The van der Waals surface area contributed by atoms with Crippen LogP contribution in [-0.4, -0.2) is 47.0 Å². The van der Waals surface area contributed by atoms with E-state index in [9.17, 15) is 4.79 Å². The summed E-state index contributed by atoms with van der Waals surface area (Å²) in [4.78, 5) is 14.5. The first kappa shape index (κ1) is 12.2. The van der Waals surface area contributed by atoms with E-state index < -0.39 is 0 Å². The minimum atomic E-state index is -0.277. The summed E-state index contributed by atoms with van der Waals surface area (Å²) < 4.78 is 0. The van der Waals surface area contributed by atoms with Crippen LogP contribution in [0.5, 0.6) is 0 Å². The summed E-state index contributed by atoms with van der Waals surface area (Å²) in [6.45, 7) is 7.13. The molecule has 2 heterocycles. The molecule has 0 aromatic rings. The van der Waals surface area contributed by atoms with Crippen molar-refractivity contribution in [3.05, 3.63) is 0 Å². The third-order valence-corrected chi connectivity index (χ3v) is 5.09. The van der Waals surface area contributed by atoms with E-state index in [2.05, 4.69) is 24.1 Å². The smallest absolute Gasteiger partial charge is 0.242 e. The Morgan fingerprint density at radius 1 is 1.62 bits per heavy atom. The average molecular weight is 242 g/mol. The van der Waals surface area contributed by atoms with Crippen molar-refractivity contribution in [1.29, 1.82) is 0 Å². The molecule has 16 heavy (non-hydrogen) atoms. The normalized spacial score (nSPS) is 35.4. The molecule has 0 saturated carbocycles. The number of hydrogen-bond acceptors (Lipinski definition) is 3. The van der Waals surface area contributed by atoms with Gasteiger partial charge < -0.3 is 10.2 Å². The van der Waals surface area contributed by atoms with Crippen LogP contribution in [0.15, 0.2) is 0 Å². The van der Waals surface area contributed by atoms with Crippen molar-refractivity contribution in [1.82, 2.24) is 10.2 Å². The molecular weight excluding hydrogens is 220 g/mol. The average Bonchev–Trinajstić information content (AvgIpc) is 2.76. The highest BCUT2D eigenvalue weighted by molar-refractivity contribution is 8.00. The van der Waals surface area contributed by atoms with Gasteiger partial charge >= 0.3 is 0 Å². The van der Waals surface area contributed by atoms with Gasteiger partial charge in [0.05, 0.1) is 5.54 Å². The lowest BCUT2D eigenvalue weighted by Gasteiger charge is -2.37. The Kier molecular flexibility index (Phi) is 3.80. The van der Waals surface area contributed by atoms with Gasteiger partial charge in [0.15, 0.2) is 0 Å². The fraction of sp³-hybridized carbons (Fsp3) is 0.917. The molecule has 2 aliphatic heterocycles. The number of thioether (sulfide) groups is 1. The molecule has 92 valence electrons. The molecule has 2 saturated heterocycles. The number of carbonyl (C=O) groups excluding carboxylic acids is 1. The first-order valence-electron chi connectivity index (χ1n) is 6.32. The lowest BCUT2D eigenvalue weighted by molar-refractivity contribution is -0.137. The third kappa shape index (κ3) is 2.38. The fourth-order valence-electron chi connectivity index (χ4n) is 2.58. The maximum Gasteiger partial charge on any atom is 0.242 e. The first-order valence-corrected chi connectivity index (χ1v) is 7.36. The number of amides is 1. The SMILES string of the molecule is CCC1CN(C(=O)C2(C)CCCN2)CCS1. The predicted molar refractivity (Wildman–Crippen MR) is 68.8 cm³/mol. The summed E-state index contributed by atoms with van der Waals surface area (Å²) in [5.74, 6) is 1.42. The number of hydrogen-bond donors (Lipinski definition) is 1. The van der Waals surface area contributed by atoms with Crippen molar-refractivity contribution in [3.8, 4) is 0 Å². The van der Waals surface area contributed by atoms with Crippen molar-refractivity contribution < 1.29 is 4.79 Å². The van der Waals surface area contributed by atoms with Gasteiger partial charge in [-0.25, -0.2) is 0 Å². The molecule has 0 spiro atoms. The molecule has 1 N–H and O–H groups in total. The Morgan fingerprint density at radius 3 is 3.06 bits per heavy atom. The van der Waals surface area contributed by atoms with Crippen LogP contribution in [-0.2, 0) is 4.79 Å². The van der Waals surface area contributed by atoms with E-state index in [1.54, 1.807) is 0 Å². The van der Waals surface area contributed by atoms with Crippen LogP contribution in [0.2, 0.25) is 0 Å². The van der Waals surface area contributed by atoms with Gasteiger partial charge in [0.2, 0.25) is 5.91 Å². The first-order chi connectivity index (χ1) is 7.65. The summed E-state index contributed by atoms with van der Waals surface area (Å²) in [6.07, 6.45) is 3.28. The van der Waals surface area contributed by atoms with Crippen LogP contribution in [0.4, 0.5) is 0 Å². The van der Waals surface area contributed by atoms with Crippen LogP contribution < -0.4 is 5.32 Å². The van der Waals surface area contributed by atoms with Gasteiger partial charge in [-0.1, -0.05) is 6.92 Å². The zero-order valence-corrected chi connectivity index (χ0v) is 11.1. The molecule has 0 aromatic heterocycles. The zero-order valence-electron chi connectivity index (χ0n) is 10.3. The van der Waals surface area contributed by atoms with E-state index in [4.69, 9.17) is 0 Å². The largest absolute Gasteiger partial charge is 0.339 e. The molecule has 2 rings (SSSR count). The molecule has 0 aliphatic carbocycles. The predicted octanol–water partition coefficient (Wildman–Crippen LogP) is 1.48. The second kappa shape index (κ2) is 4.96. The molecule has 1 amide bonds. The minimum absolute atomic E-state index is 0.277. The zero-order chi connectivity index (χ0) is 11.6. The van der Waals surface area contributed by atoms with Crippen molar-refractivity contribution in [2.75, 3.05) is 25.4 Å². The second-order valence-corrected chi connectivity index (χ2v) is 6.42. The van der Waals surface area contributed by atoms with Gasteiger partial charge in [0, 0.05) is 24.1 Å². The van der Waals surface area contributed by atoms with E-state index in [0.29, 0.717) is 11.2 Å². The lowest BCUT2D eigenvalue weighted by atomic mass is 9.98. The molecule has 2 atom stereocenters. The molecule has 0 bridgehead atoms. The van der Waals surface area contributed by atoms with Crippen LogP contribution in [0, 0.1) is 0 Å². The highest BCUT2D eigenvalue weighted by Gasteiger charge is 2.39. The molecule has 4 heteroatoms. The Labute approximate surface area is 102 Å². The summed E-state index contributed by atoms with van der Waals surface area (Å²) in [7, 11) is 0. The Balaban J connectivity index is 1.98. The van der Waals surface area contributed by atoms with Gasteiger partial charge in [-0.3, -0.25) is 4.79 Å². The molecule has 0 radical (unpaired) electrons. The summed E-state index contributed by atoms with van der Waals surface area (Å²) in [5, 5.41) is 4.01. The van der Waals surface area contributed by atoms with Gasteiger partial charge in [-0.15, -0.1) is 0 Å². The number of nitrogens with zero attached hydrogens (tertiary/aromatic N) is 1. The summed E-state index contributed by atoms with van der Waals surface area (Å²) in [5.41, 5.74) is -0.277. The summed E-state index contributed by atoms with van der Waals surface area (Å²) >= 11 is 2.01.